The van der Waals surface area contributed by atoms with Crippen LogP contribution >= 0.6 is 11.8 Å². The maximum absolute atomic E-state index is 13.0. The lowest BCUT2D eigenvalue weighted by Crippen LogP contribution is -2.19. The van der Waals surface area contributed by atoms with Gasteiger partial charge in [-0.1, -0.05) is 23.9 Å². The molecule has 0 unspecified atom stereocenters. The molecule has 0 aliphatic heterocycles. The summed E-state index contributed by atoms with van der Waals surface area (Å²) in [6.45, 7) is 0. The van der Waals surface area contributed by atoms with Crippen LogP contribution in [0, 0.1) is 5.82 Å². The highest BCUT2D eigenvalue weighted by atomic mass is 32.2. The van der Waals surface area contributed by atoms with Crippen molar-refractivity contribution in [3.63, 3.8) is 0 Å². The average molecular weight is 367 g/mol. The van der Waals surface area contributed by atoms with Crippen LogP contribution in [0.4, 0.5) is 4.39 Å². The van der Waals surface area contributed by atoms with E-state index in [1.165, 1.54) is 28.5 Å². The average Bonchev–Trinajstić information content (AvgIpc) is 3.13. The van der Waals surface area contributed by atoms with Gasteiger partial charge in [-0.2, -0.15) is 0 Å². The number of para-hydroxylation sites is 1. The summed E-state index contributed by atoms with van der Waals surface area (Å²) < 4.78 is 20.3. The van der Waals surface area contributed by atoms with E-state index >= 15 is 0 Å². The van der Waals surface area contributed by atoms with Gasteiger partial charge in [0.1, 0.15) is 5.82 Å². The third-order valence-electron chi connectivity index (χ3n) is 3.95. The summed E-state index contributed by atoms with van der Waals surface area (Å²) in [6.07, 6.45) is 1.61. The van der Waals surface area contributed by atoms with Crippen LogP contribution in [0.1, 0.15) is 5.89 Å². The van der Waals surface area contributed by atoms with Crippen molar-refractivity contribution in [2.24, 2.45) is 7.05 Å². The van der Waals surface area contributed by atoms with Crippen molar-refractivity contribution < 1.29 is 8.81 Å². The van der Waals surface area contributed by atoms with Crippen LogP contribution in [-0.2, 0) is 12.8 Å². The Labute approximate surface area is 152 Å². The highest BCUT2D eigenvalue weighted by Crippen LogP contribution is 2.25. The number of aromatic nitrogens is 3. The van der Waals surface area contributed by atoms with Gasteiger partial charge in [0.25, 0.3) is 5.56 Å². The summed E-state index contributed by atoms with van der Waals surface area (Å²) in [5.74, 6) is 1.21. The van der Waals surface area contributed by atoms with Gasteiger partial charge in [0.15, 0.2) is 10.9 Å². The molecule has 0 aliphatic carbocycles. The minimum Gasteiger partial charge on any atom is -0.440 e. The molecule has 0 aliphatic rings. The predicted octanol–water partition coefficient (Wildman–Crippen LogP) is 4.02. The first-order chi connectivity index (χ1) is 12.6. The molecule has 0 N–H and O–H groups in total. The summed E-state index contributed by atoms with van der Waals surface area (Å²) in [5.41, 5.74) is 1.33. The van der Waals surface area contributed by atoms with E-state index in [2.05, 4.69) is 9.97 Å². The summed E-state index contributed by atoms with van der Waals surface area (Å²) >= 11 is 1.38. The van der Waals surface area contributed by atoms with E-state index in [9.17, 15) is 9.18 Å². The van der Waals surface area contributed by atoms with Gasteiger partial charge < -0.3 is 4.42 Å². The largest absolute Gasteiger partial charge is 0.440 e. The second-order valence-electron chi connectivity index (χ2n) is 5.69. The molecule has 0 amide bonds. The minimum atomic E-state index is -0.299. The van der Waals surface area contributed by atoms with E-state index in [0.717, 1.165) is 5.56 Å². The zero-order valence-electron chi connectivity index (χ0n) is 13.8. The van der Waals surface area contributed by atoms with Crippen molar-refractivity contribution in [2.45, 2.75) is 10.9 Å². The van der Waals surface area contributed by atoms with Gasteiger partial charge in [-0.25, -0.2) is 14.4 Å². The second-order valence-corrected chi connectivity index (χ2v) is 6.63. The molecule has 0 bridgehead atoms. The van der Waals surface area contributed by atoms with Gasteiger partial charge in [-0.15, -0.1) is 0 Å². The van der Waals surface area contributed by atoms with Gasteiger partial charge in [-0.05, 0) is 36.4 Å². The Morgan fingerprint density at radius 2 is 1.92 bits per heavy atom. The number of thioether (sulfide) groups is 1. The SMILES string of the molecule is Cn1c(SCc2ncc(-c3ccc(F)cc3)o2)nc2ccccc2c1=O. The molecule has 0 atom stereocenters. The fraction of sp³-hybridized carbons (Fsp3) is 0.105. The Balaban J connectivity index is 1.56. The van der Waals surface area contributed by atoms with Crippen LogP contribution in [0.25, 0.3) is 22.2 Å². The molecule has 4 rings (SSSR count). The number of benzene rings is 2. The number of nitrogens with zero attached hydrogens (tertiary/aromatic N) is 3. The second kappa shape index (κ2) is 6.76. The molecule has 2 aromatic carbocycles. The number of fused-ring (bicyclic) bond motifs is 1. The van der Waals surface area contributed by atoms with Crippen molar-refractivity contribution in [2.75, 3.05) is 0 Å². The van der Waals surface area contributed by atoms with Gasteiger partial charge in [0.2, 0.25) is 5.89 Å². The normalized spacial score (nSPS) is 11.2. The van der Waals surface area contributed by atoms with Crippen molar-refractivity contribution in [3.8, 4) is 11.3 Å². The topological polar surface area (TPSA) is 60.9 Å². The summed E-state index contributed by atoms with van der Waals surface area (Å²) in [6, 6.07) is 13.3. The quantitative estimate of drug-likeness (QED) is 0.403. The molecule has 0 fully saturated rings. The highest BCUT2D eigenvalue weighted by Gasteiger charge is 2.11. The Kier molecular flexibility index (Phi) is 4.30. The third-order valence-corrected chi connectivity index (χ3v) is 4.96. The van der Waals surface area contributed by atoms with Gasteiger partial charge in [0.05, 0.1) is 22.9 Å². The van der Waals surface area contributed by atoms with Crippen LogP contribution in [0.15, 0.2) is 69.1 Å². The van der Waals surface area contributed by atoms with E-state index < -0.39 is 0 Å². The summed E-state index contributed by atoms with van der Waals surface area (Å²) in [5, 5.41) is 1.18. The molecule has 7 heteroatoms. The standard InChI is InChI=1S/C19H14FN3O2S/c1-23-18(24)14-4-2-3-5-15(14)22-19(23)26-11-17-21-10-16(25-17)12-6-8-13(20)9-7-12/h2-10H,11H2,1H3. The Hall–Kier alpha value is -2.93. The van der Waals surface area contributed by atoms with E-state index in [4.69, 9.17) is 4.42 Å². The molecule has 5 nitrogen and oxygen atoms in total. The lowest BCUT2D eigenvalue weighted by atomic mass is 10.2. The first kappa shape index (κ1) is 16.5. The number of oxazole rings is 1. The van der Waals surface area contributed by atoms with Crippen LogP contribution in [-0.4, -0.2) is 14.5 Å². The molecule has 4 aromatic rings. The first-order valence-electron chi connectivity index (χ1n) is 7.91. The van der Waals surface area contributed by atoms with Crippen molar-refractivity contribution in [1.82, 2.24) is 14.5 Å². The monoisotopic (exact) mass is 367 g/mol. The van der Waals surface area contributed by atoms with E-state index in [0.29, 0.717) is 33.5 Å². The molecule has 0 saturated carbocycles. The zero-order chi connectivity index (χ0) is 18.1. The molecule has 0 saturated heterocycles. The number of hydrogen-bond acceptors (Lipinski definition) is 5. The predicted molar refractivity (Wildman–Crippen MR) is 98.4 cm³/mol. The maximum atomic E-state index is 13.0. The fourth-order valence-electron chi connectivity index (χ4n) is 2.58. The van der Waals surface area contributed by atoms with Gasteiger partial charge in [0, 0.05) is 12.6 Å². The van der Waals surface area contributed by atoms with E-state index in [1.807, 2.05) is 18.2 Å². The molecular formula is C19H14FN3O2S. The summed E-state index contributed by atoms with van der Waals surface area (Å²) in [7, 11) is 1.70. The van der Waals surface area contributed by atoms with Crippen LogP contribution in [0.3, 0.4) is 0 Å². The van der Waals surface area contributed by atoms with Crippen LogP contribution in [0.2, 0.25) is 0 Å². The van der Waals surface area contributed by atoms with Gasteiger partial charge in [-0.3, -0.25) is 9.36 Å². The third kappa shape index (κ3) is 3.13. The summed E-state index contributed by atoms with van der Waals surface area (Å²) in [4.78, 5) is 21.2. The molecule has 0 spiro atoms. The fourth-order valence-corrected chi connectivity index (χ4v) is 3.40. The highest BCUT2D eigenvalue weighted by molar-refractivity contribution is 7.98. The Bertz CT molecular complexity index is 1140. The minimum absolute atomic E-state index is 0.0856. The molecule has 130 valence electrons. The Morgan fingerprint density at radius 1 is 1.15 bits per heavy atom. The molecule has 2 heterocycles. The lowest BCUT2D eigenvalue weighted by Gasteiger charge is -2.07. The number of rotatable bonds is 4. The van der Waals surface area contributed by atoms with E-state index in [1.54, 1.807) is 31.4 Å². The number of halogens is 1. The molecule has 26 heavy (non-hydrogen) atoms. The smallest absolute Gasteiger partial charge is 0.261 e. The lowest BCUT2D eigenvalue weighted by molar-refractivity contribution is 0.529. The number of hydrogen-bond donors (Lipinski definition) is 0. The molecule has 2 aromatic heterocycles. The first-order valence-corrected chi connectivity index (χ1v) is 8.89. The van der Waals surface area contributed by atoms with Crippen molar-refractivity contribution in [3.05, 3.63) is 76.8 Å². The van der Waals surface area contributed by atoms with Crippen LogP contribution in [0.5, 0.6) is 0 Å². The molecule has 0 radical (unpaired) electrons. The molecular weight excluding hydrogens is 353 g/mol. The Morgan fingerprint density at radius 3 is 2.73 bits per heavy atom. The van der Waals surface area contributed by atoms with E-state index in [-0.39, 0.29) is 11.4 Å². The van der Waals surface area contributed by atoms with Crippen LogP contribution < -0.4 is 5.56 Å². The van der Waals surface area contributed by atoms with Crippen molar-refractivity contribution >= 4 is 22.7 Å². The van der Waals surface area contributed by atoms with Gasteiger partial charge >= 0.3 is 0 Å². The maximum Gasteiger partial charge on any atom is 0.261 e. The zero-order valence-corrected chi connectivity index (χ0v) is 14.7. The van der Waals surface area contributed by atoms with Crippen molar-refractivity contribution in [1.29, 1.82) is 0 Å².